The Hall–Kier alpha value is -1.66. The maximum absolute atomic E-state index is 12.5. The molecule has 6 heteroatoms. The Balaban J connectivity index is 1.65. The second kappa shape index (κ2) is 3.93. The predicted molar refractivity (Wildman–Crippen MR) is 68.5 cm³/mol. The van der Waals surface area contributed by atoms with Crippen LogP contribution in [-0.4, -0.2) is 35.0 Å². The van der Waals surface area contributed by atoms with E-state index in [0.29, 0.717) is 13.1 Å². The lowest BCUT2D eigenvalue weighted by Gasteiger charge is -2.24. The molecule has 3 aliphatic rings. The van der Waals surface area contributed by atoms with Gasteiger partial charge in [0.25, 0.3) is 0 Å². The summed E-state index contributed by atoms with van der Waals surface area (Å²) < 4.78 is 5.79. The minimum atomic E-state index is -1.20. The summed E-state index contributed by atoms with van der Waals surface area (Å²) in [6.45, 7) is 0.932. The van der Waals surface area contributed by atoms with Gasteiger partial charge in [-0.05, 0) is 11.4 Å². The number of thiophene rings is 1. The third kappa shape index (κ3) is 1.46. The van der Waals surface area contributed by atoms with Crippen molar-refractivity contribution in [2.24, 2.45) is 11.8 Å². The molecule has 2 bridgehead atoms. The van der Waals surface area contributed by atoms with Crippen LogP contribution in [0.4, 0.5) is 0 Å². The highest BCUT2D eigenvalue weighted by Gasteiger charge is 2.65. The van der Waals surface area contributed by atoms with Gasteiger partial charge in [-0.15, -0.1) is 11.3 Å². The van der Waals surface area contributed by atoms with Crippen molar-refractivity contribution in [2.45, 2.75) is 18.2 Å². The molecule has 4 rings (SSSR count). The summed E-state index contributed by atoms with van der Waals surface area (Å²) in [4.78, 5) is 26.6. The topological polar surface area (TPSA) is 69.7 Å². The number of likely N-dealkylation sites (tertiary alicyclic amines) is 1. The number of carbonyl (C=O) groups excluding carboxylic acids is 2. The summed E-state index contributed by atoms with van der Waals surface area (Å²) in [5.41, 5.74) is -0.760. The van der Waals surface area contributed by atoms with Gasteiger partial charge in [0.1, 0.15) is 5.60 Å². The number of nitrogens with zero attached hydrogens (tertiary/aromatic N) is 1. The van der Waals surface area contributed by atoms with Gasteiger partial charge in [0.05, 0.1) is 25.1 Å². The number of aliphatic carboxylic acids is 1. The SMILES string of the molecule is O=C([O-])C1C2C=CC3(CN(Cc4cccs4)C(=O)C13)O2. The first-order valence-electron chi connectivity index (χ1n) is 6.50. The molecule has 20 heavy (non-hydrogen) atoms. The van der Waals surface area contributed by atoms with E-state index in [1.54, 1.807) is 22.3 Å². The van der Waals surface area contributed by atoms with Crippen LogP contribution in [0.2, 0.25) is 0 Å². The predicted octanol–water partition coefficient (Wildman–Crippen LogP) is -0.220. The maximum Gasteiger partial charge on any atom is 0.230 e. The van der Waals surface area contributed by atoms with Gasteiger partial charge in [0, 0.05) is 16.8 Å². The maximum atomic E-state index is 12.5. The van der Waals surface area contributed by atoms with Gasteiger partial charge < -0.3 is 19.5 Å². The molecular weight excluding hydrogens is 278 g/mol. The number of rotatable bonds is 3. The molecule has 0 saturated carbocycles. The zero-order valence-corrected chi connectivity index (χ0v) is 11.3. The summed E-state index contributed by atoms with van der Waals surface area (Å²) in [5.74, 6) is -2.83. The van der Waals surface area contributed by atoms with Gasteiger partial charge in [-0.2, -0.15) is 0 Å². The molecule has 0 aliphatic carbocycles. The van der Waals surface area contributed by atoms with E-state index in [1.165, 1.54) is 0 Å². The van der Waals surface area contributed by atoms with Crippen molar-refractivity contribution in [1.29, 1.82) is 0 Å². The zero-order chi connectivity index (χ0) is 13.9. The Kier molecular flexibility index (Phi) is 2.38. The molecule has 0 N–H and O–H groups in total. The molecule has 5 nitrogen and oxygen atoms in total. The Bertz CT molecular complexity index is 611. The van der Waals surface area contributed by atoms with Crippen molar-refractivity contribution in [3.8, 4) is 0 Å². The van der Waals surface area contributed by atoms with E-state index >= 15 is 0 Å². The third-order valence-corrected chi connectivity index (χ3v) is 5.24. The minimum absolute atomic E-state index is 0.139. The van der Waals surface area contributed by atoms with Crippen molar-refractivity contribution < 1.29 is 19.4 Å². The van der Waals surface area contributed by atoms with E-state index < -0.39 is 29.5 Å². The largest absolute Gasteiger partial charge is 0.550 e. The van der Waals surface area contributed by atoms with Crippen LogP contribution in [0.5, 0.6) is 0 Å². The van der Waals surface area contributed by atoms with E-state index in [1.807, 2.05) is 23.6 Å². The lowest BCUT2D eigenvalue weighted by molar-refractivity contribution is -0.313. The molecular formula is C14H12NO4S-. The van der Waals surface area contributed by atoms with Gasteiger partial charge in [-0.3, -0.25) is 4.79 Å². The molecule has 3 aliphatic heterocycles. The van der Waals surface area contributed by atoms with Crippen molar-refractivity contribution >= 4 is 23.2 Å². The van der Waals surface area contributed by atoms with E-state index in [0.717, 1.165) is 4.88 Å². The second-order valence-electron chi connectivity index (χ2n) is 5.49. The average Bonchev–Trinajstić information content (AvgIpc) is 3.12. The molecule has 4 unspecified atom stereocenters. The molecule has 1 amide bonds. The van der Waals surface area contributed by atoms with E-state index in [2.05, 4.69) is 0 Å². The van der Waals surface area contributed by atoms with Gasteiger partial charge in [-0.1, -0.05) is 18.2 Å². The first kappa shape index (κ1) is 12.1. The Morgan fingerprint density at radius 1 is 1.60 bits per heavy atom. The molecule has 4 atom stereocenters. The Labute approximate surface area is 119 Å². The highest BCUT2D eigenvalue weighted by molar-refractivity contribution is 7.09. The van der Waals surface area contributed by atoms with E-state index in [9.17, 15) is 14.7 Å². The van der Waals surface area contributed by atoms with Crippen LogP contribution in [0, 0.1) is 11.8 Å². The van der Waals surface area contributed by atoms with Crippen molar-refractivity contribution in [1.82, 2.24) is 4.90 Å². The van der Waals surface area contributed by atoms with Gasteiger partial charge >= 0.3 is 0 Å². The quantitative estimate of drug-likeness (QED) is 0.722. The number of hydrogen-bond acceptors (Lipinski definition) is 5. The van der Waals surface area contributed by atoms with Gasteiger partial charge in [-0.25, -0.2) is 0 Å². The van der Waals surface area contributed by atoms with Crippen LogP contribution >= 0.6 is 11.3 Å². The summed E-state index contributed by atoms with van der Waals surface area (Å²) in [6.07, 6.45) is 3.09. The highest BCUT2D eigenvalue weighted by atomic mass is 32.1. The molecule has 4 heterocycles. The molecule has 1 aromatic heterocycles. The smallest absolute Gasteiger partial charge is 0.230 e. The number of amides is 1. The fourth-order valence-corrected chi connectivity index (χ4v) is 4.29. The van der Waals surface area contributed by atoms with Crippen LogP contribution in [0.3, 0.4) is 0 Å². The number of ether oxygens (including phenoxy) is 1. The number of fused-ring (bicyclic) bond motifs is 1. The molecule has 1 spiro atoms. The molecule has 0 radical (unpaired) electrons. The summed E-state index contributed by atoms with van der Waals surface area (Å²) in [7, 11) is 0. The van der Waals surface area contributed by atoms with Crippen LogP contribution in [0.1, 0.15) is 4.88 Å². The van der Waals surface area contributed by atoms with Crippen LogP contribution < -0.4 is 5.11 Å². The monoisotopic (exact) mass is 290 g/mol. The molecule has 1 aromatic rings. The lowest BCUT2D eigenvalue weighted by Crippen LogP contribution is -2.45. The lowest BCUT2D eigenvalue weighted by atomic mass is 9.77. The summed E-state index contributed by atoms with van der Waals surface area (Å²) in [5, 5.41) is 13.3. The Morgan fingerprint density at radius 3 is 3.15 bits per heavy atom. The molecule has 104 valence electrons. The van der Waals surface area contributed by atoms with Crippen molar-refractivity contribution in [3.63, 3.8) is 0 Å². The highest BCUT2D eigenvalue weighted by Crippen LogP contribution is 2.51. The molecule has 0 aromatic carbocycles. The Morgan fingerprint density at radius 2 is 2.45 bits per heavy atom. The number of carbonyl (C=O) groups is 2. The first-order valence-corrected chi connectivity index (χ1v) is 7.38. The van der Waals surface area contributed by atoms with E-state index in [-0.39, 0.29) is 5.91 Å². The first-order chi connectivity index (χ1) is 9.61. The zero-order valence-electron chi connectivity index (χ0n) is 10.5. The van der Waals surface area contributed by atoms with Gasteiger partial charge in [0.15, 0.2) is 0 Å². The number of carboxylic acid groups (broad SMARTS) is 1. The minimum Gasteiger partial charge on any atom is -0.550 e. The van der Waals surface area contributed by atoms with E-state index in [4.69, 9.17) is 4.74 Å². The number of hydrogen-bond donors (Lipinski definition) is 0. The molecule has 2 fully saturated rings. The van der Waals surface area contributed by atoms with Crippen LogP contribution in [-0.2, 0) is 20.9 Å². The summed E-state index contributed by atoms with van der Waals surface area (Å²) in [6, 6.07) is 3.90. The normalized spacial score (nSPS) is 37.7. The molecule has 2 saturated heterocycles. The fourth-order valence-electron chi connectivity index (χ4n) is 3.57. The average molecular weight is 290 g/mol. The van der Waals surface area contributed by atoms with Crippen molar-refractivity contribution in [2.75, 3.05) is 6.54 Å². The summed E-state index contributed by atoms with van der Waals surface area (Å²) >= 11 is 1.58. The standard InChI is InChI=1S/C14H13NO4S/c16-12-11-10(13(17)18)9-3-4-14(11,19-9)7-15(12)6-8-2-1-5-20-8/h1-5,9-11H,6-7H2,(H,17,18)/p-1. The van der Waals surface area contributed by atoms with Crippen LogP contribution in [0.25, 0.3) is 0 Å². The second-order valence-corrected chi connectivity index (χ2v) is 6.52. The fraction of sp³-hybridized carbons (Fsp3) is 0.429. The third-order valence-electron chi connectivity index (χ3n) is 4.38. The van der Waals surface area contributed by atoms with Crippen molar-refractivity contribution in [3.05, 3.63) is 34.5 Å². The van der Waals surface area contributed by atoms with Gasteiger partial charge in [0.2, 0.25) is 5.91 Å². The number of carboxylic acids is 1. The van der Waals surface area contributed by atoms with Crippen LogP contribution in [0.15, 0.2) is 29.7 Å².